The number of halogens is 6. The van der Waals surface area contributed by atoms with Crippen LogP contribution < -0.4 is 4.74 Å². The average molecular weight is 635 g/mol. The summed E-state index contributed by atoms with van der Waals surface area (Å²) >= 11 is 0.679. The van der Waals surface area contributed by atoms with E-state index in [-0.39, 0.29) is 74.8 Å². The highest BCUT2D eigenvalue weighted by Gasteiger charge is 2.25. The first-order valence-corrected chi connectivity index (χ1v) is 13.9. The second-order valence-electron chi connectivity index (χ2n) is 9.88. The number of imidazole rings is 1. The van der Waals surface area contributed by atoms with Crippen molar-refractivity contribution < 1.29 is 45.7 Å². The lowest BCUT2D eigenvalue weighted by Crippen LogP contribution is -2.31. The predicted octanol–water partition coefficient (Wildman–Crippen LogP) is 6.71. The number of carbonyl (C=O) groups is 1. The third-order valence-corrected chi connectivity index (χ3v) is 7.98. The average Bonchev–Trinajstić information content (AvgIpc) is 3.57. The van der Waals surface area contributed by atoms with E-state index in [2.05, 4.69) is 15.0 Å². The van der Waals surface area contributed by atoms with E-state index in [4.69, 9.17) is 9.47 Å². The van der Waals surface area contributed by atoms with Crippen molar-refractivity contribution in [1.29, 1.82) is 0 Å². The maximum Gasteiger partial charge on any atom is 0.335 e. The highest BCUT2D eigenvalue weighted by atomic mass is 32.1. The number of ether oxygens (including phenoxy) is 2. The Morgan fingerprint density at radius 1 is 1.07 bits per heavy atom. The molecule has 0 aliphatic carbocycles. The van der Waals surface area contributed by atoms with E-state index in [1.54, 1.807) is 0 Å². The Morgan fingerprint density at radius 3 is 2.55 bits per heavy atom. The second-order valence-corrected chi connectivity index (χ2v) is 11.0. The number of carboxylic acid groups (broad SMARTS) is 1. The summed E-state index contributed by atoms with van der Waals surface area (Å²) in [6, 6.07) is 5.96. The van der Waals surface area contributed by atoms with Gasteiger partial charge >= 0.3 is 5.97 Å². The lowest BCUT2D eigenvalue weighted by molar-refractivity contribution is -0.0589. The molecule has 0 radical (unpaired) electrons. The monoisotopic (exact) mass is 634 g/mol. The smallest absolute Gasteiger partial charge is 0.335 e. The summed E-state index contributed by atoms with van der Waals surface area (Å²) in [5.74, 6) is -5.29. The Bertz CT molecular complexity index is 1890. The zero-order chi connectivity index (χ0) is 31.1. The number of nitrogens with zero attached hydrogens (tertiary/aromatic N) is 4. The fourth-order valence-corrected chi connectivity index (χ4v) is 5.40. The molecule has 1 atom stereocenters. The SMILES string of the molecule is O=C(O)c1cc(F)c2nc(Cc3cc(F)c(-c4ccc(F)c(OCc5ncc(C(F)F)s5)n4)cc3F)n(C[C@@H]3CCO3)c2c1. The molecule has 2 aromatic carbocycles. The lowest BCUT2D eigenvalue weighted by atomic mass is 10.0. The summed E-state index contributed by atoms with van der Waals surface area (Å²) in [5.41, 5.74) is -0.829. The topological polar surface area (TPSA) is 99.4 Å². The minimum absolute atomic E-state index is 0.118. The molecule has 44 heavy (non-hydrogen) atoms. The van der Waals surface area contributed by atoms with Crippen molar-refractivity contribution in [1.82, 2.24) is 19.5 Å². The van der Waals surface area contributed by atoms with Crippen LogP contribution >= 0.6 is 11.3 Å². The third-order valence-electron chi connectivity index (χ3n) is 7.01. The molecule has 0 saturated carbocycles. The molecule has 4 heterocycles. The fraction of sp³-hybridized carbons (Fsp3) is 0.241. The number of aromatic nitrogens is 4. The maximum atomic E-state index is 15.4. The Balaban J connectivity index is 1.29. The Morgan fingerprint density at radius 2 is 1.86 bits per heavy atom. The van der Waals surface area contributed by atoms with Crippen LogP contribution in [0.15, 0.2) is 42.6 Å². The van der Waals surface area contributed by atoms with Crippen LogP contribution in [-0.4, -0.2) is 43.3 Å². The molecule has 228 valence electrons. The number of carboxylic acids is 1. The molecule has 1 aliphatic rings. The molecule has 8 nitrogen and oxygen atoms in total. The van der Waals surface area contributed by atoms with Crippen molar-refractivity contribution in [2.45, 2.75) is 38.5 Å². The number of hydrogen-bond donors (Lipinski definition) is 1. The number of benzene rings is 2. The number of fused-ring (bicyclic) bond motifs is 1. The van der Waals surface area contributed by atoms with Gasteiger partial charge in [0.1, 0.15) is 34.6 Å². The third kappa shape index (κ3) is 5.84. The molecular weight excluding hydrogens is 614 g/mol. The quantitative estimate of drug-likeness (QED) is 0.171. The van der Waals surface area contributed by atoms with Gasteiger partial charge in [0, 0.05) is 24.8 Å². The zero-order valence-corrected chi connectivity index (χ0v) is 23.2. The van der Waals surface area contributed by atoms with Gasteiger partial charge in [0.05, 0.1) is 34.3 Å². The van der Waals surface area contributed by atoms with Crippen LogP contribution in [0.1, 0.15) is 44.5 Å². The lowest BCUT2D eigenvalue weighted by Gasteiger charge is -2.27. The minimum atomic E-state index is -2.72. The van der Waals surface area contributed by atoms with E-state index in [0.29, 0.717) is 24.4 Å². The number of hydrogen-bond acceptors (Lipinski definition) is 7. The first-order valence-electron chi connectivity index (χ1n) is 13.1. The van der Waals surface area contributed by atoms with Gasteiger partial charge in [-0.1, -0.05) is 0 Å². The number of thiazole rings is 1. The summed E-state index contributed by atoms with van der Waals surface area (Å²) < 4.78 is 97.9. The number of pyridine rings is 1. The molecular formula is C29H20F6N4O4S. The normalized spacial score (nSPS) is 14.8. The van der Waals surface area contributed by atoms with E-state index in [0.717, 1.165) is 36.5 Å². The minimum Gasteiger partial charge on any atom is -0.478 e. The van der Waals surface area contributed by atoms with Gasteiger partial charge in [0.25, 0.3) is 12.3 Å². The molecule has 6 rings (SSSR count). The molecule has 3 aromatic heterocycles. The van der Waals surface area contributed by atoms with Crippen LogP contribution in [0.2, 0.25) is 0 Å². The fourth-order valence-electron chi connectivity index (χ4n) is 4.71. The molecule has 1 N–H and O–H groups in total. The first-order chi connectivity index (χ1) is 21.1. The summed E-state index contributed by atoms with van der Waals surface area (Å²) in [4.78, 5) is 23.2. The zero-order valence-electron chi connectivity index (χ0n) is 22.4. The van der Waals surface area contributed by atoms with E-state index in [9.17, 15) is 27.5 Å². The van der Waals surface area contributed by atoms with Gasteiger partial charge < -0.3 is 19.1 Å². The highest BCUT2D eigenvalue weighted by molar-refractivity contribution is 7.11. The van der Waals surface area contributed by atoms with Crippen LogP contribution in [0.25, 0.3) is 22.3 Å². The van der Waals surface area contributed by atoms with Gasteiger partial charge in [-0.3, -0.25) is 0 Å². The Hall–Kier alpha value is -4.50. The Kier molecular flexibility index (Phi) is 7.98. The molecule has 0 bridgehead atoms. The van der Waals surface area contributed by atoms with Crippen LogP contribution in [0.5, 0.6) is 5.88 Å². The van der Waals surface area contributed by atoms with Crippen molar-refractivity contribution in [3.05, 3.63) is 92.7 Å². The molecule has 0 amide bonds. The molecule has 5 aromatic rings. The number of aromatic carboxylic acids is 1. The van der Waals surface area contributed by atoms with Crippen molar-refractivity contribution in [3.8, 4) is 17.1 Å². The predicted molar refractivity (Wildman–Crippen MR) is 145 cm³/mol. The van der Waals surface area contributed by atoms with Gasteiger partial charge in [-0.25, -0.2) is 46.1 Å². The van der Waals surface area contributed by atoms with Crippen molar-refractivity contribution in [2.24, 2.45) is 0 Å². The summed E-state index contributed by atoms with van der Waals surface area (Å²) in [6.45, 7) is 0.350. The molecule has 15 heteroatoms. The van der Waals surface area contributed by atoms with E-state index >= 15 is 8.78 Å². The van der Waals surface area contributed by atoms with Crippen molar-refractivity contribution >= 4 is 28.3 Å². The van der Waals surface area contributed by atoms with Crippen molar-refractivity contribution in [2.75, 3.05) is 6.61 Å². The number of rotatable bonds is 10. The highest BCUT2D eigenvalue weighted by Crippen LogP contribution is 2.31. The molecule has 1 fully saturated rings. The Labute approximate surface area is 248 Å². The van der Waals surface area contributed by atoms with E-state index < -0.39 is 41.5 Å². The number of alkyl halides is 2. The van der Waals surface area contributed by atoms with Gasteiger partial charge in [0.15, 0.2) is 11.6 Å². The van der Waals surface area contributed by atoms with Crippen molar-refractivity contribution in [3.63, 3.8) is 0 Å². The van der Waals surface area contributed by atoms with Crippen LogP contribution in [-0.2, 0) is 24.3 Å². The van der Waals surface area contributed by atoms with Gasteiger partial charge in [-0.2, -0.15) is 0 Å². The van der Waals surface area contributed by atoms with Gasteiger partial charge in [-0.15, -0.1) is 11.3 Å². The molecule has 1 saturated heterocycles. The van der Waals surface area contributed by atoms with Gasteiger partial charge in [-0.05, 0) is 48.4 Å². The van der Waals surface area contributed by atoms with Crippen LogP contribution in [0.4, 0.5) is 26.3 Å². The van der Waals surface area contributed by atoms with E-state index in [1.807, 2.05) is 0 Å². The largest absolute Gasteiger partial charge is 0.478 e. The van der Waals surface area contributed by atoms with Gasteiger partial charge in [0.2, 0.25) is 0 Å². The summed E-state index contributed by atoms with van der Waals surface area (Å²) in [6.07, 6.45) is -1.55. The molecule has 0 unspecified atom stereocenters. The van der Waals surface area contributed by atoms with Crippen LogP contribution in [0, 0.1) is 23.3 Å². The maximum absolute atomic E-state index is 15.4. The summed E-state index contributed by atoms with van der Waals surface area (Å²) in [5, 5.41) is 9.53. The van der Waals surface area contributed by atoms with Crippen LogP contribution in [0.3, 0.4) is 0 Å². The molecule has 1 aliphatic heterocycles. The second kappa shape index (κ2) is 11.9. The first kappa shape index (κ1) is 29.6. The standard InChI is InChI=1S/C29H20F6N4O4S/c30-17-1-2-21(37-28(17)43-12-25-36-10-23(44-25)27(34)35)16-9-18(31)13(5-19(16)32)8-24-38-26-20(33)6-14(29(40)41)7-22(26)39(24)11-15-3-4-42-15/h1-2,5-7,9-10,15,27H,3-4,8,11-12H2,(H,40,41)/t15-/m0/s1. The van der Waals surface area contributed by atoms with E-state index in [1.165, 1.54) is 10.6 Å². The molecule has 0 spiro atoms. The summed E-state index contributed by atoms with van der Waals surface area (Å²) in [7, 11) is 0.